The molecular weight excluding hydrogens is 484 g/mol. The lowest BCUT2D eigenvalue weighted by atomic mass is 10.1. The first-order chi connectivity index (χ1) is 18.4. The van der Waals surface area contributed by atoms with Gasteiger partial charge in [0.1, 0.15) is 39.3 Å². The van der Waals surface area contributed by atoms with Gasteiger partial charge in [0.2, 0.25) is 0 Å². The average molecular weight is 521 g/mol. The molecule has 0 radical (unpaired) electrons. The molecule has 2 atom stereocenters. The van der Waals surface area contributed by atoms with E-state index < -0.39 is 0 Å². The molecule has 1 aromatic heterocycles. The molecule has 3 heterocycles. The molecule has 4 N–H and O–H groups in total. The molecule has 2 saturated heterocycles. The van der Waals surface area contributed by atoms with Crippen LogP contribution >= 0.6 is 0 Å². The van der Waals surface area contributed by atoms with E-state index in [4.69, 9.17) is 0 Å². The van der Waals surface area contributed by atoms with E-state index in [2.05, 4.69) is 43.9 Å². The standard InChI is InChI=1S/C28H36N6O4/c1-3-33-11-5-7-17(33)14-29-16-20-22(36)13-23(37)27-25(20)32-26-21(35)10-9-19(24(26)31-27)28(38)30-15-18-8-6-12-34(18)4-2/h9-10,13,16-18,35-37H,3-8,11-12,14-15H2,1-2H3,(H,30,38)/b29-16+. The average Bonchev–Trinajstić information content (AvgIpc) is 3.57. The number of carbonyl (C=O) groups is 1. The van der Waals surface area contributed by atoms with Crippen LogP contribution in [-0.4, -0.2) is 98.6 Å². The van der Waals surface area contributed by atoms with Crippen molar-refractivity contribution in [3.63, 3.8) is 0 Å². The van der Waals surface area contributed by atoms with Crippen LogP contribution in [0.25, 0.3) is 22.1 Å². The van der Waals surface area contributed by atoms with Crippen LogP contribution in [0.2, 0.25) is 0 Å². The number of rotatable bonds is 8. The zero-order chi connectivity index (χ0) is 26.8. The number of aliphatic imine (C=N–C) groups is 1. The summed E-state index contributed by atoms with van der Waals surface area (Å²) in [7, 11) is 0. The summed E-state index contributed by atoms with van der Waals surface area (Å²) in [6.07, 6.45) is 5.93. The van der Waals surface area contributed by atoms with E-state index in [1.54, 1.807) is 6.21 Å². The Morgan fingerprint density at radius 1 is 0.947 bits per heavy atom. The summed E-state index contributed by atoms with van der Waals surface area (Å²) in [6, 6.07) is 4.79. The Labute approximate surface area is 222 Å². The first-order valence-corrected chi connectivity index (χ1v) is 13.6. The molecule has 10 nitrogen and oxygen atoms in total. The SMILES string of the molecule is CCN1CCCC1C/N=C/c1c(O)cc(O)c2nc3c(C(=O)NCC4CCCN4CC)ccc(O)c3nc12. The highest BCUT2D eigenvalue weighted by atomic mass is 16.3. The number of phenolic OH excluding ortho intramolecular Hbond substituents is 3. The number of benzene rings is 2. The van der Waals surface area contributed by atoms with Gasteiger partial charge in [0.05, 0.1) is 17.7 Å². The highest BCUT2D eigenvalue weighted by Crippen LogP contribution is 2.35. The number of nitrogens with zero attached hydrogens (tertiary/aromatic N) is 5. The van der Waals surface area contributed by atoms with Gasteiger partial charge in [0.25, 0.3) is 5.91 Å². The second kappa shape index (κ2) is 11.1. The van der Waals surface area contributed by atoms with Gasteiger partial charge in [-0.25, -0.2) is 9.97 Å². The van der Waals surface area contributed by atoms with Gasteiger partial charge in [0, 0.05) is 30.9 Å². The van der Waals surface area contributed by atoms with E-state index in [0.717, 1.165) is 51.9 Å². The van der Waals surface area contributed by atoms with Crippen LogP contribution in [0.5, 0.6) is 17.2 Å². The third kappa shape index (κ3) is 4.98. The topological polar surface area (TPSA) is 134 Å². The lowest BCUT2D eigenvalue weighted by Crippen LogP contribution is -2.40. The van der Waals surface area contributed by atoms with Crippen LogP contribution < -0.4 is 5.32 Å². The van der Waals surface area contributed by atoms with Crippen molar-refractivity contribution >= 4 is 34.2 Å². The van der Waals surface area contributed by atoms with Crippen LogP contribution in [-0.2, 0) is 0 Å². The zero-order valence-electron chi connectivity index (χ0n) is 22.0. The fourth-order valence-corrected chi connectivity index (χ4v) is 5.83. The maximum absolute atomic E-state index is 13.2. The van der Waals surface area contributed by atoms with E-state index in [9.17, 15) is 20.1 Å². The van der Waals surface area contributed by atoms with Gasteiger partial charge in [-0.3, -0.25) is 19.6 Å². The Morgan fingerprint density at radius 3 is 2.34 bits per heavy atom. The number of carbonyl (C=O) groups excluding carboxylic acids is 1. The van der Waals surface area contributed by atoms with E-state index in [-0.39, 0.29) is 50.8 Å². The number of hydrogen-bond donors (Lipinski definition) is 4. The molecule has 0 bridgehead atoms. The molecule has 2 aromatic carbocycles. The molecule has 38 heavy (non-hydrogen) atoms. The summed E-state index contributed by atoms with van der Waals surface area (Å²) < 4.78 is 0. The molecule has 2 aliphatic heterocycles. The molecule has 3 aromatic rings. The van der Waals surface area contributed by atoms with Crippen molar-refractivity contribution in [2.75, 3.05) is 39.3 Å². The molecule has 2 aliphatic rings. The van der Waals surface area contributed by atoms with E-state index in [1.807, 2.05) is 0 Å². The smallest absolute Gasteiger partial charge is 0.253 e. The third-order valence-corrected chi connectivity index (χ3v) is 7.94. The van der Waals surface area contributed by atoms with Crippen LogP contribution in [0.15, 0.2) is 23.2 Å². The molecule has 10 heteroatoms. The number of fused-ring (bicyclic) bond motifs is 2. The van der Waals surface area contributed by atoms with Crippen molar-refractivity contribution < 1.29 is 20.1 Å². The van der Waals surface area contributed by atoms with Crippen molar-refractivity contribution in [1.82, 2.24) is 25.1 Å². The van der Waals surface area contributed by atoms with Gasteiger partial charge in [-0.05, 0) is 64.0 Å². The highest BCUT2D eigenvalue weighted by molar-refractivity contribution is 6.10. The number of nitrogens with one attached hydrogen (secondary N) is 1. The number of hydrogen-bond acceptors (Lipinski definition) is 9. The van der Waals surface area contributed by atoms with Gasteiger partial charge in [-0.15, -0.1) is 0 Å². The summed E-state index contributed by atoms with van der Waals surface area (Å²) in [5.74, 6) is -0.911. The number of likely N-dealkylation sites (tertiary alicyclic amines) is 2. The van der Waals surface area contributed by atoms with Crippen molar-refractivity contribution in [3.8, 4) is 17.2 Å². The van der Waals surface area contributed by atoms with Crippen molar-refractivity contribution in [2.24, 2.45) is 4.99 Å². The summed E-state index contributed by atoms with van der Waals surface area (Å²) in [5.41, 5.74) is 1.20. The number of aromatic nitrogens is 2. The molecular formula is C28H36N6O4. The quantitative estimate of drug-likeness (QED) is 0.263. The molecule has 2 unspecified atom stereocenters. The summed E-state index contributed by atoms with van der Waals surface area (Å²) >= 11 is 0. The number of aromatic hydroxyl groups is 3. The zero-order valence-corrected chi connectivity index (χ0v) is 22.0. The maximum Gasteiger partial charge on any atom is 0.253 e. The van der Waals surface area contributed by atoms with E-state index >= 15 is 0 Å². The highest BCUT2D eigenvalue weighted by Gasteiger charge is 2.25. The lowest BCUT2D eigenvalue weighted by molar-refractivity contribution is 0.0943. The van der Waals surface area contributed by atoms with Crippen molar-refractivity contribution in [1.29, 1.82) is 0 Å². The van der Waals surface area contributed by atoms with E-state index in [0.29, 0.717) is 30.7 Å². The molecule has 2 fully saturated rings. The summed E-state index contributed by atoms with van der Waals surface area (Å²) in [5, 5.41) is 34.9. The molecule has 202 valence electrons. The van der Waals surface area contributed by atoms with Gasteiger partial charge >= 0.3 is 0 Å². The third-order valence-electron chi connectivity index (χ3n) is 7.94. The predicted molar refractivity (Wildman–Crippen MR) is 147 cm³/mol. The Bertz CT molecular complexity index is 1380. The molecule has 0 aliphatic carbocycles. The molecule has 1 amide bonds. The lowest BCUT2D eigenvalue weighted by Gasteiger charge is -2.23. The number of amides is 1. The molecule has 0 saturated carbocycles. The van der Waals surface area contributed by atoms with Crippen LogP contribution in [0.1, 0.15) is 55.5 Å². The van der Waals surface area contributed by atoms with Gasteiger partial charge in [-0.2, -0.15) is 0 Å². The molecule has 0 spiro atoms. The monoisotopic (exact) mass is 520 g/mol. The largest absolute Gasteiger partial charge is 0.507 e. The van der Waals surface area contributed by atoms with Gasteiger partial charge in [-0.1, -0.05) is 13.8 Å². The van der Waals surface area contributed by atoms with Gasteiger partial charge < -0.3 is 20.6 Å². The Hall–Kier alpha value is -3.50. The Balaban J connectivity index is 1.48. The first-order valence-electron chi connectivity index (χ1n) is 13.6. The van der Waals surface area contributed by atoms with E-state index in [1.165, 1.54) is 18.2 Å². The van der Waals surface area contributed by atoms with Crippen molar-refractivity contribution in [3.05, 3.63) is 29.3 Å². The minimum Gasteiger partial charge on any atom is -0.507 e. The number of phenols is 3. The second-order valence-electron chi connectivity index (χ2n) is 10.1. The summed E-state index contributed by atoms with van der Waals surface area (Å²) in [4.78, 5) is 31.6. The van der Waals surface area contributed by atoms with Crippen molar-refractivity contribution in [2.45, 2.75) is 51.6 Å². The maximum atomic E-state index is 13.2. The Morgan fingerprint density at radius 2 is 1.61 bits per heavy atom. The van der Waals surface area contributed by atoms with Crippen LogP contribution in [0.4, 0.5) is 0 Å². The Kier molecular flexibility index (Phi) is 7.62. The van der Waals surface area contributed by atoms with Crippen LogP contribution in [0, 0.1) is 0 Å². The fourth-order valence-electron chi connectivity index (χ4n) is 5.83. The molecule has 5 rings (SSSR count). The first kappa shape index (κ1) is 26.1. The minimum absolute atomic E-state index is 0.119. The van der Waals surface area contributed by atoms with Crippen LogP contribution in [0.3, 0.4) is 0 Å². The normalized spacial score (nSPS) is 20.8. The fraction of sp³-hybridized carbons (Fsp3) is 0.500. The summed E-state index contributed by atoms with van der Waals surface area (Å²) in [6.45, 7) is 9.37. The minimum atomic E-state index is -0.316. The van der Waals surface area contributed by atoms with Gasteiger partial charge in [0.15, 0.2) is 0 Å². The predicted octanol–water partition coefficient (Wildman–Crippen LogP) is 3.02. The number of likely N-dealkylation sites (N-methyl/N-ethyl adjacent to an activating group) is 2. The second-order valence-corrected chi connectivity index (χ2v) is 10.1.